The minimum Gasteiger partial charge on any atom is -0.367 e. The Morgan fingerprint density at radius 2 is 2.17 bits per heavy atom. The van der Waals surface area contributed by atoms with E-state index >= 15 is 0 Å². The lowest BCUT2D eigenvalue weighted by Crippen LogP contribution is -2.05. The van der Waals surface area contributed by atoms with Crippen LogP contribution < -0.4 is 0 Å². The van der Waals surface area contributed by atoms with E-state index in [0.29, 0.717) is 18.4 Å². The smallest absolute Gasteiger partial charge is 0.120 e. The molecule has 0 aliphatic carbocycles. The topological polar surface area (TPSA) is 29.6 Å². The quantitative estimate of drug-likeness (QED) is 0.467. The van der Waals surface area contributed by atoms with Gasteiger partial charge in [0.25, 0.3) is 0 Å². The Labute approximate surface area is 74.3 Å². The molecule has 2 nitrogen and oxygen atoms in total. The van der Waals surface area contributed by atoms with E-state index in [1.54, 1.807) is 0 Å². The van der Waals surface area contributed by atoms with Crippen molar-refractivity contribution in [3.05, 3.63) is 0 Å². The van der Waals surface area contributed by atoms with Crippen LogP contribution >= 0.6 is 0 Å². The summed E-state index contributed by atoms with van der Waals surface area (Å²) in [4.78, 5) is 10.2. The molecule has 0 spiro atoms. The predicted molar refractivity (Wildman–Crippen MR) is 48.0 cm³/mol. The summed E-state index contributed by atoms with van der Waals surface area (Å²) in [5, 5.41) is 0. The molecule has 1 aliphatic rings. The summed E-state index contributed by atoms with van der Waals surface area (Å²) in [5.41, 5.74) is 0.112. The minimum atomic E-state index is 0.112. The van der Waals surface area contributed by atoms with Gasteiger partial charge < -0.3 is 9.53 Å². The van der Waals surface area contributed by atoms with Crippen molar-refractivity contribution >= 4 is 6.29 Å². The van der Waals surface area contributed by atoms with E-state index in [-0.39, 0.29) is 5.60 Å². The molecule has 12 heavy (non-hydrogen) atoms. The van der Waals surface area contributed by atoms with Gasteiger partial charge in [-0.05, 0) is 32.6 Å². The van der Waals surface area contributed by atoms with Crippen LogP contribution in [0.25, 0.3) is 0 Å². The second-order valence-electron chi connectivity index (χ2n) is 4.29. The summed E-state index contributed by atoms with van der Waals surface area (Å²) >= 11 is 0. The molecular formula is C10H18O2. The molecule has 0 amide bonds. The molecule has 1 unspecified atom stereocenters. The Balaban J connectivity index is 2.07. The van der Waals surface area contributed by atoms with Crippen LogP contribution in [0.2, 0.25) is 0 Å². The molecule has 0 N–H and O–H groups in total. The van der Waals surface area contributed by atoms with Crippen molar-refractivity contribution in [3.8, 4) is 0 Å². The average Bonchev–Trinajstić information content (AvgIpc) is 2.56. The maximum atomic E-state index is 10.2. The number of ether oxygens (including phenoxy) is 1. The Morgan fingerprint density at radius 3 is 2.58 bits per heavy atom. The third kappa shape index (κ3) is 2.59. The van der Waals surface area contributed by atoms with Crippen LogP contribution in [0, 0.1) is 5.92 Å². The summed E-state index contributed by atoms with van der Waals surface area (Å²) in [6, 6.07) is 0. The third-order valence-electron chi connectivity index (χ3n) is 2.58. The van der Waals surface area contributed by atoms with E-state index in [9.17, 15) is 4.79 Å². The lowest BCUT2D eigenvalue weighted by Gasteiger charge is -2.05. The number of carbonyl (C=O) groups is 1. The molecule has 0 aromatic carbocycles. The van der Waals surface area contributed by atoms with Gasteiger partial charge in [0.05, 0.1) is 11.7 Å². The van der Waals surface area contributed by atoms with Crippen LogP contribution in [0.5, 0.6) is 0 Å². The van der Waals surface area contributed by atoms with Crippen molar-refractivity contribution in [1.82, 2.24) is 0 Å². The minimum absolute atomic E-state index is 0.112. The summed E-state index contributed by atoms with van der Waals surface area (Å²) in [6.45, 7) is 6.34. The molecule has 0 saturated carbocycles. The molecule has 0 aromatic rings. The lowest BCUT2D eigenvalue weighted by molar-refractivity contribution is -0.108. The highest BCUT2D eigenvalue weighted by molar-refractivity contribution is 5.49. The number of aldehydes is 1. The second-order valence-corrected chi connectivity index (χ2v) is 4.29. The van der Waals surface area contributed by atoms with E-state index in [1.807, 2.05) is 0 Å². The zero-order chi connectivity index (χ0) is 9.19. The van der Waals surface area contributed by atoms with Gasteiger partial charge in [-0.15, -0.1) is 0 Å². The van der Waals surface area contributed by atoms with Crippen molar-refractivity contribution in [3.63, 3.8) is 0 Å². The van der Waals surface area contributed by atoms with Crippen molar-refractivity contribution < 1.29 is 9.53 Å². The summed E-state index contributed by atoms with van der Waals surface area (Å²) < 4.78 is 5.44. The van der Waals surface area contributed by atoms with Crippen LogP contribution in [-0.4, -0.2) is 18.0 Å². The first-order valence-corrected chi connectivity index (χ1v) is 4.67. The number of hydrogen-bond donors (Lipinski definition) is 0. The summed E-state index contributed by atoms with van der Waals surface area (Å²) in [7, 11) is 0. The number of carbonyl (C=O) groups excluding carboxylic acids is 1. The highest BCUT2D eigenvalue weighted by atomic mass is 16.6. The third-order valence-corrected chi connectivity index (χ3v) is 2.58. The Kier molecular flexibility index (Phi) is 2.89. The van der Waals surface area contributed by atoms with E-state index in [1.165, 1.54) is 0 Å². The lowest BCUT2D eigenvalue weighted by atomic mass is 9.98. The predicted octanol–water partition coefficient (Wildman–Crippen LogP) is 2.17. The fourth-order valence-electron chi connectivity index (χ4n) is 1.46. The van der Waals surface area contributed by atoms with Crippen LogP contribution in [0.4, 0.5) is 0 Å². The molecule has 1 fully saturated rings. The van der Waals surface area contributed by atoms with Gasteiger partial charge in [-0.1, -0.05) is 6.92 Å². The highest BCUT2D eigenvalue weighted by Crippen LogP contribution is 2.39. The van der Waals surface area contributed by atoms with Gasteiger partial charge in [0.1, 0.15) is 6.29 Å². The van der Waals surface area contributed by atoms with Crippen LogP contribution in [0.1, 0.15) is 40.0 Å². The summed E-state index contributed by atoms with van der Waals surface area (Å²) in [6.07, 6.45) is 4.33. The van der Waals surface area contributed by atoms with Crippen molar-refractivity contribution in [2.75, 3.05) is 0 Å². The second kappa shape index (κ2) is 3.56. The fourth-order valence-corrected chi connectivity index (χ4v) is 1.46. The maximum Gasteiger partial charge on any atom is 0.120 e. The van der Waals surface area contributed by atoms with Crippen LogP contribution in [-0.2, 0) is 9.53 Å². The van der Waals surface area contributed by atoms with Crippen LogP contribution in [0.3, 0.4) is 0 Å². The molecule has 70 valence electrons. The van der Waals surface area contributed by atoms with E-state index in [0.717, 1.165) is 19.1 Å². The van der Waals surface area contributed by atoms with Gasteiger partial charge in [0.2, 0.25) is 0 Å². The average molecular weight is 170 g/mol. The number of hydrogen-bond acceptors (Lipinski definition) is 2. The molecule has 0 bridgehead atoms. The van der Waals surface area contributed by atoms with E-state index in [2.05, 4.69) is 20.8 Å². The van der Waals surface area contributed by atoms with Gasteiger partial charge in [0, 0.05) is 6.42 Å². The van der Waals surface area contributed by atoms with Crippen LogP contribution in [0.15, 0.2) is 0 Å². The van der Waals surface area contributed by atoms with Crippen molar-refractivity contribution in [1.29, 1.82) is 0 Å². The highest BCUT2D eigenvalue weighted by Gasteiger charge is 2.46. The first-order chi connectivity index (χ1) is 5.56. The zero-order valence-electron chi connectivity index (χ0n) is 8.17. The first kappa shape index (κ1) is 9.72. The SMILES string of the molecule is CC(CC=O)CC[C@@H]1OC1(C)C. The van der Waals surface area contributed by atoms with Gasteiger partial charge in [-0.3, -0.25) is 0 Å². The largest absolute Gasteiger partial charge is 0.367 e. The Bertz CT molecular complexity index is 163. The van der Waals surface area contributed by atoms with Gasteiger partial charge in [-0.2, -0.15) is 0 Å². The Hall–Kier alpha value is -0.370. The Morgan fingerprint density at radius 1 is 1.58 bits per heavy atom. The molecule has 0 aromatic heterocycles. The molecule has 1 saturated heterocycles. The van der Waals surface area contributed by atoms with E-state index in [4.69, 9.17) is 4.74 Å². The first-order valence-electron chi connectivity index (χ1n) is 4.67. The monoisotopic (exact) mass is 170 g/mol. The number of epoxide rings is 1. The van der Waals surface area contributed by atoms with Gasteiger partial charge in [0.15, 0.2) is 0 Å². The molecule has 1 aliphatic heterocycles. The molecular weight excluding hydrogens is 152 g/mol. The zero-order valence-corrected chi connectivity index (χ0v) is 8.17. The maximum absolute atomic E-state index is 10.2. The van der Waals surface area contributed by atoms with Gasteiger partial charge >= 0.3 is 0 Å². The molecule has 2 heteroatoms. The van der Waals surface area contributed by atoms with E-state index < -0.39 is 0 Å². The molecule has 0 radical (unpaired) electrons. The standard InChI is InChI=1S/C10H18O2/c1-8(6-7-11)4-5-9-10(2,3)12-9/h7-9H,4-6H2,1-3H3/t8?,9-/m0/s1. The molecule has 1 heterocycles. The van der Waals surface area contributed by atoms with Gasteiger partial charge in [-0.25, -0.2) is 0 Å². The van der Waals surface area contributed by atoms with Crippen molar-refractivity contribution in [2.24, 2.45) is 5.92 Å². The summed E-state index contributed by atoms with van der Waals surface area (Å²) in [5.74, 6) is 0.516. The number of rotatable bonds is 5. The normalized spacial score (nSPS) is 28.1. The molecule has 2 atom stereocenters. The van der Waals surface area contributed by atoms with Crippen molar-refractivity contribution in [2.45, 2.75) is 51.7 Å². The fraction of sp³-hybridized carbons (Fsp3) is 0.900. The molecule has 1 rings (SSSR count).